The van der Waals surface area contributed by atoms with Crippen molar-refractivity contribution in [1.29, 1.82) is 0 Å². The van der Waals surface area contributed by atoms with Gasteiger partial charge in [-0.3, -0.25) is 0 Å². The van der Waals surface area contributed by atoms with Crippen LogP contribution in [0.5, 0.6) is 5.75 Å². The van der Waals surface area contributed by atoms with Crippen molar-refractivity contribution in [2.75, 3.05) is 20.8 Å². The van der Waals surface area contributed by atoms with Gasteiger partial charge in [0.15, 0.2) is 0 Å². The SMILES string of the molecule is COC(=O)c1ccc(C#CCNC(=O)OCc2ccccc2)c(OC)c1. The Kier molecular flexibility index (Phi) is 7.07. The number of nitrogens with one attached hydrogen (secondary N) is 1. The second kappa shape index (κ2) is 9.74. The zero-order valence-electron chi connectivity index (χ0n) is 14.6. The van der Waals surface area contributed by atoms with E-state index in [0.29, 0.717) is 16.9 Å². The average molecular weight is 353 g/mol. The molecule has 0 radical (unpaired) electrons. The lowest BCUT2D eigenvalue weighted by Gasteiger charge is -2.06. The minimum absolute atomic E-state index is 0.121. The molecule has 0 heterocycles. The van der Waals surface area contributed by atoms with Crippen molar-refractivity contribution >= 4 is 12.1 Å². The number of benzene rings is 2. The van der Waals surface area contributed by atoms with Crippen molar-refractivity contribution in [3.8, 4) is 17.6 Å². The Morgan fingerprint density at radius 3 is 2.54 bits per heavy atom. The van der Waals surface area contributed by atoms with Gasteiger partial charge in [-0.1, -0.05) is 42.2 Å². The molecule has 134 valence electrons. The van der Waals surface area contributed by atoms with E-state index in [0.717, 1.165) is 5.56 Å². The maximum atomic E-state index is 11.6. The third-order valence-corrected chi connectivity index (χ3v) is 3.38. The number of carbonyl (C=O) groups is 2. The molecule has 0 aromatic heterocycles. The molecule has 0 aliphatic rings. The molecule has 26 heavy (non-hydrogen) atoms. The molecule has 0 aliphatic carbocycles. The second-order valence-corrected chi connectivity index (χ2v) is 5.12. The van der Waals surface area contributed by atoms with Crippen molar-refractivity contribution in [3.63, 3.8) is 0 Å². The van der Waals surface area contributed by atoms with E-state index in [-0.39, 0.29) is 13.2 Å². The smallest absolute Gasteiger partial charge is 0.408 e. The normalized spacial score (nSPS) is 9.46. The molecule has 6 nitrogen and oxygen atoms in total. The minimum Gasteiger partial charge on any atom is -0.495 e. The Hall–Kier alpha value is -3.46. The molecule has 6 heteroatoms. The maximum Gasteiger partial charge on any atom is 0.408 e. The monoisotopic (exact) mass is 353 g/mol. The molecule has 0 atom stereocenters. The molecule has 0 spiro atoms. The molecule has 0 bridgehead atoms. The molecule has 2 rings (SSSR count). The van der Waals surface area contributed by atoms with Crippen LogP contribution in [0.3, 0.4) is 0 Å². The number of amides is 1. The second-order valence-electron chi connectivity index (χ2n) is 5.12. The Morgan fingerprint density at radius 2 is 1.85 bits per heavy atom. The summed E-state index contributed by atoms with van der Waals surface area (Å²) in [5, 5.41) is 2.55. The molecule has 2 aromatic rings. The van der Waals surface area contributed by atoms with Crippen LogP contribution in [0.25, 0.3) is 0 Å². The molecule has 0 saturated heterocycles. The van der Waals surface area contributed by atoms with Crippen LogP contribution in [0.15, 0.2) is 48.5 Å². The lowest BCUT2D eigenvalue weighted by molar-refractivity contribution is 0.0600. The van der Waals surface area contributed by atoms with E-state index in [1.165, 1.54) is 14.2 Å². The summed E-state index contributed by atoms with van der Waals surface area (Å²) in [5.74, 6) is 5.69. The fraction of sp³-hybridized carbons (Fsp3) is 0.200. The molecular formula is C20H19NO5. The van der Waals surface area contributed by atoms with Gasteiger partial charge in [-0.15, -0.1) is 0 Å². The Balaban J connectivity index is 1.87. The predicted molar refractivity (Wildman–Crippen MR) is 95.8 cm³/mol. The summed E-state index contributed by atoms with van der Waals surface area (Å²) >= 11 is 0. The molecule has 0 aliphatic heterocycles. The van der Waals surface area contributed by atoms with Gasteiger partial charge in [-0.25, -0.2) is 9.59 Å². The largest absolute Gasteiger partial charge is 0.495 e. The predicted octanol–water partition coefficient (Wildman–Crippen LogP) is 2.76. The number of ether oxygens (including phenoxy) is 3. The molecule has 1 amide bonds. The molecule has 0 fully saturated rings. The molecule has 0 saturated carbocycles. The van der Waals surface area contributed by atoms with Gasteiger partial charge in [0.05, 0.1) is 31.9 Å². The van der Waals surface area contributed by atoms with E-state index in [9.17, 15) is 9.59 Å². The third kappa shape index (κ3) is 5.56. The minimum atomic E-state index is -0.545. The lowest BCUT2D eigenvalue weighted by Crippen LogP contribution is -2.24. The summed E-state index contributed by atoms with van der Waals surface area (Å²) in [6.07, 6.45) is -0.545. The average Bonchev–Trinajstić information content (AvgIpc) is 2.69. The fourth-order valence-electron chi connectivity index (χ4n) is 2.07. The quantitative estimate of drug-likeness (QED) is 0.661. The van der Waals surface area contributed by atoms with E-state index in [1.807, 2.05) is 30.3 Å². The van der Waals surface area contributed by atoms with Gasteiger partial charge in [0.25, 0.3) is 0 Å². The van der Waals surface area contributed by atoms with Crippen LogP contribution in [0.4, 0.5) is 4.79 Å². The summed E-state index contributed by atoms with van der Waals surface area (Å²) in [5.41, 5.74) is 1.88. The van der Waals surface area contributed by atoms with Crippen molar-refractivity contribution < 1.29 is 23.8 Å². The Bertz CT molecular complexity index is 821. The van der Waals surface area contributed by atoms with Crippen LogP contribution < -0.4 is 10.1 Å². The Labute approximate surface area is 152 Å². The van der Waals surface area contributed by atoms with Gasteiger partial charge in [0.1, 0.15) is 12.4 Å². The van der Waals surface area contributed by atoms with Gasteiger partial charge in [0, 0.05) is 0 Å². The van der Waals surface area contributed by atoms with Crippen LogP contribution in [0.1, 0.15) is 21.5 Å². The number of hydrogen-bond donors (Lipinski definition) is 1. The van der Waals surface area contributed by atoms with Crippen LogP contribution >= 0.6 is 0 Å². The molecule has 2 aromatic carbocycles. The molecular weight excluding hydrogens is 334 g/mol. The van der Waals surface area contributed by atoms with Crippen molar-refractivity contribution in [3.05, 3.63) is 65.2 Å². The molecule has 1 N–H and O–H groups in total. The third-order valence-electron chi connectivity index (χ3n) is 3.38. The van der Waals surface area contributed by atoms with Gasteiger partial charge in [-0.05, 0) is 23.8 Å². The van der Waals surface area contributed by atoms with Gasteiger partial charge in [0.2, 0.25) is 0 Å². The van der Waals surface area contributed by atoms with E-state index < -0.39 is 12.1 Å². The number of rotatable bonds is 5. The topological polar surface area (TPSA) is 73.9 Å². The van der Waals surface area contributed by atoms with Gasteiger partial charge >= 0.3 is 12.1 Å². The molecule has 0 unspecified atom stereocenters. The first kappa shape index (κ1) is 18.9. The summed E-state index contributed by atoms with van der Waals surface area (Å²) in [7, 11) is 2.80. The standard InChI is InChI=1S/C20H19NO5/c1-24-18-13-17(19(22)25-2)11-10-16(18)9-6-12-21-20(23)26-14-15-7-4-3-5-8-15/h3-5,7-8,10-11,13H,12,14H2,1-2H3,(H,21,23). The summed E-state index contributed by atoms with van der Waals surface area (Å²) in [6, 6.07) is 14.2. The number of methoxy groups -OCH3 is 2. The van der Waals surface area contributed by atoms with E-state index in [2.05, 4.69) is 21.9 Å². The van der Waals surface area contributed by atoms with E-state index >= 15 is 0 Å². The zero-order valence-corrected chi connectivity index (χ0v) is 14.6. The fourth-order valence-corrected chi connectivity index (χ4v) is 2.07. The number of alkyl carbamates (subject to hydrolysis) is 1. The van der Waals surface area contributed by atoms with Crippen LogP contribution in [0.2, 0.25) is 0 Å². The first-order chi connectivity index (χ1) is 12.6. The van der Waals surface area contributed by atoms with Crippen molar-refractivity contribution in [1.82, 2.24) is 5.32 Å². The van der Waals surface area contributed by atoms with Crippen molar-refractivity contribution in [2.24, 2.45) is 0 Å². The first-order valence-corrected chi connectivity index (χ1v) is 7.84. The maximum absolute atomic E-state index is 11.6. The number of carbonyl (C=O) groups excluding carboxylic acids is 2. The number of esters is 1. The summed E-state index contributed by atoms with van der Waals surface area (Å²) in [4.78, 5) is 23.1. The first-order valence-electron chi connectivity index (χ1n) is 7.84. The van der Waals surface area contributed by atoms with Crippen LogP contribution in [0, 0.1) is 11.8 Å². The summed E-state index contributed by atoms with van der Waals surface area (Å²) < 4.78 is 15.0. The highest BCUT2D eigenvalue weighted by Crippen LogP contribution is 2.19. The van der Waals surface area contributed by atoms with Crippen LogP contribution in [-0.2, 0) is 16.1 Å². The highest BCUT2D eigenvalue weighted by atomic mass is 16.5. The van der Waals surface area contributed by atoms with Crippen LogP contribution in [-0.4, -0.2) is 32.8 Å². The number of hydrogen-bond acceptors (Lipinski definition) is 5. The highest BCUT2D eigenvalue weighted by molar-refractivity contribution is 5.90. The highest BCUT2D eigenvalue weighted by Gasteiger charge is 2.09. The zero-order chi connectivity index (χ0) is 18.8. The van der Waals surface area contributed by atoms with E-state index in [1.54, 1.807) is 18.2 Å². The van der Waals surface area contributed by atoms with Gasteiger partial charge in [-0.2, -0.15) is 0 Å². The Morgan fingerprint density at radius 1 is 1.08 bits per heavy atom. The van der Waals surface area contributed by atoms with Crippen molar-refractivity contribution in [2.45, 2.75) is 6.61 Å². The van der Waals surface area contributed by atoms with Gasteiger partial charge < -0.3 is 19.5 Å². The lowest BCUT2D eigenvalue weighted by atomic mass is 10.1. The summed E-state index contributed by atoms with van der Waals surface area (Å²) in [6.45, 7) is 0.318. The van der Waals surface area contributed by atoms with E-state index in [4.69, 9.17) is 9.47 Å².